The molecule has 1 aromatic carbocycles. The smallest absolute Gasteiger partial charge is 0.286 e. The van der Waals surface area contributed by atoms with Crippen molar-refractivity contribution in [2.75, 3.05) is 5.32 Å². The van der Waals surface area contributed by atoms with E-state index in [-0.39, 0.29) is 27.7 Å². The van der Waals surface area contributed by atoms with Crippen molar-refractivity contribution >= 4 is 38.5 Å². The fraction of sp³-hybridized carbons (Fsp3) is 0.304. The molecule has 0 spiro atoms. The first-order chi connectivity index (χ1) is 16.7. The van der Waals surface area contributed by atoms with E-state index in [4.69, 9.17) is 10.5 Å². The second kappa shape index (κ2) is 8.38. The minimum atomic E-state index is -4.28. The largest absolute Gasteiger partial charge is 0.506 e. The van der Waals surface area contributed by atoms with Gasteiger partial charge in [-0.25, -0.2) is 4.98 Å². The zero-order valence-corrected chi connectivity index (χ0v) is 19.6. The topological polar surface area (TPSA) is 166 Å². The summed E-state index contributed by atoms with van der Waals surface area (Å²) in [6.07, 6.45) is 3.56. The molecule has 1 saturated carbocycles. The molecule has 1 atom stereocenters. The van der Waals surface area contributed by atoms with Crippen molar-refractivity contribution in [3.63, 3.8) is 0 Å². The molecule has 1 aliphatic carbocycles. The number of benzene rings is 1. The van der Waals surface area contributed by atoms with Gasteiger partial charge in [0.2, 0.25) is 0 Å². The lowest BCUT2D eigenvalue weighted by molar-refractivity contribution is -0.123. The van der Waals surface area contributed by atoms with Gasteiger partial charge in [0.15, 0.2) is 11.9 Å². The van der Waals surface area contributed by atoms with E-state index in [0.29, 0.717) is 23.5 Å². The summed E-state index contributed by atoms with van der Waals surface area (Å²) in [6, 6.07) is 7.34. The van der Waals surface area contributed by atoms with Crippen molar-refractivity contribution < 1.29 is 23.1 Å². The van der Waals surface area contributed by atoms with Crippen LogP contribution < -0.4 is 21.3 Å². The van der Waals surface area contributed by atoms with Crippen LogP contribution in [0.3, 0.4) is 0 Å². The number of amides is 1. The minimum absolute atomic E-state index is 0.112. The van der Waals surface area contributed by atoms with Crippen LogP contribution in [0.15, 0.2) is 50.6 Å². The van der Waals surface area contributed by atoms with Crippen LogP contribution in [0.1, 0.15) is 31.7 Å². The number of nitrogens with zero attached hydrogens (tertiary/aromatic N) is 3. The average molecular weight is 498 g/mol. The van der Waals surface area contributed by atoms with Crippen molar-refractivity contribution in [3.05, 3.63) is 52.4 Å². The highest BCUT2D eigenvalue weighted by Gasteiger charge is 2.31. The molecule has 5 rings (SSSR count). The molecule has 0 bridgehead atoms. The molecular weight excluding hydrogens is 474 g/mol. The van der Waals surface area contributed by atoms with E-state index in [1.165, 1.54) is 35.9 Å². The second-order valence-electron chi connectivity index (χ2n) is 8.65. The summed E-state index contributed by atoms with van der Waals surface area (Å²) in [5, 5.41) is 14.1. The van der Waals surface area contributed by atoms with E-state index in [9.17, 15) is 23.1 Å². The number of pyridine rings is 2. The summed E-state index contributed by atoms with van der Waals surface area (Å²) >= 11 is 0. The number of sulfonamides is 1. The molecule has 1 aliphatic heterocycles. The second-order valence-corrected chi connectivity index (χ2v) is 10.2. The van der Waals surface area contributed by atoms with Crippen molar-refractivity contribution in [1.82, 2.24) is 9.55 Å². The number of hydrogen-bond donors (Lipinski definition) is 3. The molecule has 11 nitrogen and oxygen atoms in total. The molecule has 0 radical (unpaired) electrons. The fourth-order valence-electron chi connectivity index (χ4n) is 3.99. The van der Waals surface area contributed by atoms with Crippen LogP contribution in [-0.2, 0) is 21.4 Å². The van der Waals surface area contributed by atoms with Crippen LogP contribution in [0.25, 0.3) is 11.0 Å². The van der Waals surface area contributed by atoms with E-state index < -0.39 is 33.3 Å². The first-order valence-corrected chi connectivity index (χ1v) is 12.5. The van der Waals surface area contributed by atoms with Crippen LogP contribution in [0.4, 0.5) is 5.69 Å². The highest BCUT2D eigenvalue weighted by atomic mass is 32.2. The van der Waals surface area contributed by atoms with Crippen molar-refractivity contribution in [2.24, 2.45) is 16.0 Å². The molecule has 0 unspecified atom stereocenters. The monoisotopic (exact) mass is 497 g/mol. The summed E-state index contributed by atoms with van der Waals surface area (Å²) in [7, 11) is -4.28. The maximum Gasteiger partial charge on any atom is 0.286 e. The number of anilines is 1. The van der Waals surface area contributed by atoms with Gasteiger partial charge in [0.1, 0.15) is 27.6 Å². The molecular formula is C23H23N5O6S. The fourth-order valence-corrected chi connectivity index (χ4v) is 5.12. The number of carbonyl (C=O) groups is 1. The Kier molecular flexibility index (Phi) is 5.47. The first-order valence-electron chi connectivity index (χ1n) is 11.1. The lowest BCUT2D eigenvalue weighted by atomic mass is 10.1. The van der Waals surface area contributed by atoms with Gasteiger partial charge in [0.25, 0.3) is 21.5 Å². The standard InChI is InChI=1S/C23H23N5O6S/c1-12(20(24)30)34-14-6-7-16-17(11-14)35(32,33)27-21(26-16)18-19(29)15-3-2-9-25-22(15)28(23(18)31)10-8-13-4-5-13/h2-3,6-7,9,11-13,29H,4-5,8,10H2,1H3,(H2,24,30)(H,26,27)/t12-/m1/s1. The molecule has 3 aromatic rings. The van der Waals surface area contributed by atoms with Gasteiger partial charge >= 0.3 is 0 Å². The molecule has 2 aliphatic rings. The third-order valence-corrected chi connectivity index (χ3v) is 7.41. The van der Waals surface area contributed by atoms with E-state index in [0.717, 1.165) is 19.3 Å². The Bertz CT molecular complexity index is 1560. The molecule has 1 fully saturated rings. The van der Waals surface area contributed by atoms with Crippen LogP contribution in [0.2, 0.25) is 0 Å². The third-order valence-electron chi connectivity index (χ3n) is 6.10. The molecule has 0 saturated heterocycles. The molecule has 35 heavy (non-hydrogen) atoms. The average Bonchev–Trinajstić information content (AvgIpc) is 3.63. The molecule has 182 valence electrons. The van der Waals surface area contributed by atoms with Gasteiger partial charge in [-0.1, -0.05) is 12.8 Å². The summed E-state index contributed by atoms with van der Waals surface area (Å²) in [5.74, 6) is -0.737. The number of carbonyl (C=O) groups excluding carboxylic acids is 1. The van der Waals surface area contributed by atoms with E-state index in [1.54, 1.807) is 12.1 Å². The summed E-state index contributed by atoms with van der Waals surface area (Å²) < 4.78 is 36.7. The Morgan fingerprint density at radius 1 is 1.34 bits per heavy atom. The highest BCUT2D eigenvalue weighted by molar-refractivity contribution is 7.90. The number of hydrogen-bond acceptors (Lipinski definition) is 8. The molecule has 3 heterocycles. The minimum Gasteiger partial charge on any atom is -0.506 e. The van der Waals surface area contributed by atoms with Crippen LogP contribution in [-0.4, -0.2) is 40.9 Å². The first kappa shape index (κ1) is 22.8. The number of fused-ring (bicyclic) bond motifs is 2. The van der Waals surface area contributed by atoms with Gasteiger partial charge in [-0.05, 0) is 43.5 Å². The molecule has 12 heteroatoms. The zero-order valence-electron chi connectivity index (χ0n) is 18.8. The summed E-state index contributed by atoms with van der Waals surface area (Å²) in [4.78, 5) is 28.8. The van der Waals surface area contributed by atoms with Crippen molar-refractivity contribution in [3.8, 4) is 11.5 Å². The van der Waals surface area contributed by atoms with Gasteiger partial charge < -0.3 is 20.9 Å². The number of aryl methyl sites for hydroxylation is 1. The predicted octanol–water partition coefficient (Wildman–Crippen LogP) is 1.72. The van der Waals surface area contributed by atoms with Crippen molar-refractivity contribution in [1.29, 1.82) is 0 Å². The lowest BCUT2D eigenvalue weighted by Gasteiger charge is -2.21. The SMILES string of the molecule is C[C@@H](Oc1ccc2c(c1)S(=O)(=O)N=C(c1c(O)c3cccnc3n(CCC3CC3)c1=O)N2)C(N)=O. The summed E-state index contributed by atoms with van der Waals surface area (Å²) in [5.41, 5.74) is 4.83. The maximum absolute atomic E-state index is 13.5. The highest BCUT2D eigenvalue weighted by Crippen LogP contribution is 2.35. The zero-order chi connectivity index (χ0) is 24.9. The quantitative estimate of drug-likeness (QED) is 0.444. The molecule has 2 aromatic heterocycles. The number of nitrogens with one attached hydrogen (secondary N) is 1. The Morgan fingerprint density at radius 2 is 2.11 bits per heavy atom. The Labute approximate surface area is 200 Å². The van der Waals surface area contributed by atoms with Crippen LogP contribution in [0.5, 0.6) is 11.5 Å². The number of ether oxygens (including phenoxy) is 1. The number of aromatic hydroxyl groups is 1. The maximum atomic E-state index is 13.5. The van der Waals surface area contributed by atoms with Crippen LogP contribution in [0, 0.1) is 5.92 Å². The lowest BCUT2D eigenvalue weighted by Crippen LogP contribution is -2.33. The Balaban J connectivity index is 1.60. The van der Waals surface area contributed by atoms with Crippen LogP contribution >= 0.6 is 0 Å². The Morgan fingerprint density at radius 3 is 2.83 bits per heavy atom. The van der Waals surface area contributed by atoms with Gasteiger partial charge in [-0.3, -0.25) is 14.2 Å². The number of nitrogens with two attached hydrogens (primary N) is 1. The number of aromatic nitrogens is 2. The van der Waals surface area contributed by atoms with Gasteiger partial charge in [-0.2, -0.15) is 8.42 Å². The van der Waals surface area contributed by atoms with Gasteiger partial charge in [0.05, 0.1) is 11.1 Å². The van der Waals surface area contributed by atoms with Gasteiger partial charge in [-0.15, -0.1) is 4.40 Å². The molecule has 1 amide bonds. The third kappa shape index (κ3) is 4.20. The van der Waals surface area contributed by atoms with E-state index >= 15 is 0 Å². The number of rotatable bonds is 7. The Hall–Kier alpha value is -3.93. The van der Waals surface area contributed by atoms with E-state index in [1.807, 2.05) is 0 Å². The normalized spacial score (nSPS) is 17.2. The molecule has 4 N–H and O–H groups in total. The van der Waals surface area contributed by atoms with Crippen molar-refractivity contribution in [2.45, 2.75) is 43.7 Å². The van der Waals surface area contributed by atoms with Gasteiger partial charge in [0, 0.05) is 18.8 Å². The van der Waals surface area contributed by atoms with E-state index in [2.05, 4.69) is 14.7 Å². The number of amidine groups is 1. The predicted molar refractivity (Wildman–Crippen MR) is 128 cm³/mol. The summed E-state index contributed by atoms with van der Waals surface area (Å²) in [6.45, 7) is 1.83. The number of primary amides is 1.